The number of carbonyl (C=O) groups is 1. The molecule has 0 spiro atoms. The highest BCUT2D eigenvalue weighted by Gasteiger charge is 2.32. The fraction of sp³-hybridized carbons (Fsp3) is 0.0625. The lowest BCUT2D eigenvalue weighted by Crippen LogP contribution is -2.26. The Balaban J connectivity index is 1.65. The molecule has 1 aliphatic rings. The van der Waals surface area contributed by atoms with Crippen LogP contribution in [0.2, 0.25) is 0 Å². The highest BCUT2D eigenvalue weighted by atomic mass is 32.2. The number of nitrogens with one attached hydrogen (secondary N) is 1. The third-order valence-electron chi connectivity index (χ3n) is 3.34. The second-order valence-electron chi connectivity index (χ2n) is 4.78. The third kappa shape index (κ3) is 2.40. The Morgan fingerprint density at radius 2 is 1.82 bits per heavy atom. The summed E-state index contributed by atoms with van der Waals surface area (Å²) in [6.07, 6.45) is 0. The second kappa shape index (κ2) is 5.55. The van der Waals surface area contributed by atoms with Crippen LogP contribution < -0.4 is 5.43 Å². The van der Waals surface area contributed by atoms with Crippen LogP contribution in [0.15, 0.2) is 64.0 Å². The molecule has 1 aliphatic heterocycles. The number of benzene rings is 2. The Morgan fingerprint density at radius 1 is 1.05 bits per heavy atom. The van der Waals surface area contributed by atoms with Crippen molar-refractivity contribution in [2.75, 3.05) is 0 Å². The minimum atomic E-state index is -0.358. The van der Waals surface area contributed by atoms with E-state index in [2.05, 4.69) is 15.5 Å². The van der Waals surface area contributed by atoms with Crippen molar-refractivity contribution in [1.29, 1.82) is 0 Å². The molecule has 1 unspecified atom stereocenters. The van der Waals surface area contributed by atoms with E-state index in [0.717, 1.165) is 25.8 Å². The molecule has 4 nitrogen and oxygen atoms in total. The monoisotopic (exact) mass is 325 g/mol. The zero-order valence-corrected chi connectivity index (χ0v) is 13.0. The van der Waals surface area contributed by atoms with Crippen LogP contribution in [0.3, 0.4) is 0 Å². The summed E-state index contributed by atoms with van der Waals surface area (Å²) in [5.41, 5.74) is 5.26. The Kier molecular flexibility index (Phi) is 3.40. The summed E-state index contributed by atoms with van der Waals surface area (Å²) in [5, 5.41) is 3.83. The van der Waals surface area contributed by atoms with E-state index in [1.807, 2.05) is 54.6 Å². The van der Waals surface area contributed by atoms with Gasteiger partial charge in [-0.1, -0.05) is 54.2 Å². The van der Waals surface area contributed by atoms with Crippen molar-refractivity contribution >= 4 is 44.9 Å². The molecule has 0 bridgehead atoms. The van der Waals surface area contributed by atoms with Gasteiger partial charge >= 0.3 is 0 Å². The molecule has 0 fully saturated rings. The molecule has 2 aromatic carbocycles. The van der Waals surface area contributed by atoms with Gasteiger partial charge in [-0.25, -0.2) is 10.4 Å². The second-order valence-corrected chi connectivity index (χ2v) is 7.17. The zero-order chi connectivity index (χ0) is 14.9. The highest BCUT2D eigenvalue weighted by Crippen LogP contribution is 2.34. The molecule has 22 heavy (non-hydrogen) atoms. The minimum Gasteiger partial charge on any atom is -0.271 e. The Bertz CT molecular complexity index is 840. The summed E-state index contributed by atoms with van der Waals surface area (Å²) < 4.78 is 2.01. The smallest absolute Gasteiger partial charge is 0.259 e. The number of thiazole rings is 1. The van der Waals surface area contributed by atoms with Crippen LogP contribution in [0, 0.1) is 0 Å². The molecular formula is C16H11N3OS2. The largest absolute Gasteiger partial charge is 0.271 e. The fourth-order valence-electron chi connectivity index (χ4n) is 2.29. The minimum absolute atomic E-state index is 0.0943. The van der Waals surface area contributed by atoms with Gasteiger partial charge in [0.25, 0.3) is 5.91 Å². The van der Waals surface area contributed by atoms with E-state index in [1.165, 1.54) is 11.8 Å². The molecule has 1 N–H and O–H groups in total. The van der Waals surface area contributed by atoms with E-state index < -0.39 is 0 Å². The molecule has 1 aromatic heterocycles. The first kappa shape index (κ1) is 13.5. The molecule has 4 rings (SSSR count). The predicted molar refractivity (Wildman–Crippen MR) is 90.4 cm³/mol. The summed E-state index contributed by atoms with van der Waals surface area (Å²) in [5.74, 6) is -0.0943. The van der Waals surface area contributed by atoms with Gasteiger partial charge in [-0.3, -0.25) is 4.79 Å². The van der Waals surface area contributed by atoms with Gasteiger partial charge in [0.1, 0.15) is 5.25 Å². The third-order valence-corrected chi connectivity index (χ3v) is 5.67. The number of para-hydroxylation sites is 1. The van der Waals surface area contributed by atoms with Crippen molar-refractivity contribution in [3.05, 3.63) is 60.2 Å². The molecule has 108 valence electrons. The predicted octanol–water partition coefficient (Wildman–Crippen LogP) is 3.29. The first-order valence-corrected chi connectivity index (χ1v) is 8.46. The van der Waals surface area contributed by atoms with Crippen LogP contribution in [0.5, 0.6) is 0 Å². The van der Waals surface area contributed by atoms with Crippen LogP contribution in [0.4, 0.5) is 0 Å². The van der Waals surface area contributed by atoms with Crippen LogP contribution in [-0.4, -0.2) is 21.9 Å². The number of rotatable bonds is 3. The molecular weight excluding hydrogens is 314 g/mol. The average Bonchev–Trinajstić information content (AvgIpc) is 3.12. The van der Waals surface area contributed by atoms with Gasteiger partial charge in [0, 0.05) is 0 Å². The lowest BCUT2D eigenvalue weighted by atomic mass is 10.1. The van der Waals surface area contributed by atoms with Gasteiger partial charge in [0.15, 0.2) is 4.34 Å². The Hall–Kier alpha value is -2.18. The summed E-state index contributed by atoms with van der Waals surface area (Å²) in [6.45, 7) is 0. The maximum Gasteiger partial charge on any atom is 0.259 e. The summed E-state index contributed by atoms with van der Waals surface area (Å²) in [7, 11) is 0. The summed E-state index contributed by atoms with van der Waals surface area (Å²) in [6, 6.07) is 17.7. The molecule has 1 amide bonds. The zero-order valence-electron chi connectivity index (χ0n) is 11.4. The average molecular weight is 325 g/mol. The first-order chi connectivity index (χ1) is 10.8. The van der Waals surface area contributed by atoms with E-state index >= 15 is 0 Å². The van der Waals surface area contributed by atoms with Crippen molar-refractivity contribution in [3.63, 3.8) is 0 Å². The van der Waals surface area contributed by atoms with Crippen molar-refractivity contribution in [2.24, 2.45) is 5.10 Å². The molecule has 0 aliphatic carbocycles. The van der Waals surface area contributed by atoms with Crippen molar-refractivity contribution in [1.82, 2.24) is 10.4 Å². The highest BCUT2D eigenvalue weighted by molar-refractivity contribution is 8.03. The summed E-state index contributed by atoms with van der Waals surface area (Å²) >= 11 is 3.05. The van der Waals surface area contributed by atoms with E-state index in [1.54, 1.807) is 11.3 Å². The number of carbonyl (C=O) groups excluding carboxylic acids is 1. The number of thioether (sulfide) groups is 1. The standard InChI is InChI=1S/C16H11N3OS2/c20-15-14(13(18-19-15)10-6-2-1-3-7-10)22-16-17-11-8-4-5-9-12(11)21-16/h1-9,14H,(H,19,20). The fourth-order valence-corrected chi connectivity index (χ4v) is 4.55. The molecule has 0 radical (unpaired) electrons. The van der Waals surface area contributed by atoms with Crippen molar-refractivity contribution in [2.45, 2.75) is 9.59 Å². The van der Waals surface area contributed by atoms with Crippen LogP contribution >= 0.6 is 23.1 Å². The SMILES string of the molecule is O=C1NN=C(c2ccccc2)C1Sc1nc2ccccc2s1. The Labute approximate surface area is 135 Å². The van der Waals surface area contributed by atoms with Gasteiger partial charge in [-0.15, -0.1) is 11.3 Å². The maximum atomic E-state index is 12.1. The van der Waals surface area contributed by atoms with Crippen LogP contribution in [0.1, 0.15) is 5.56 Å². The van der Waals surface area contributed by atoms with E-state index in [4.69, 9.17) is 0 Å². The summed E-state index contributed by atoms with van der Waals surface area (Å²) in [4.78, 5) is 16.7. The van der Waals surface area contributed by atoms with Crippen LogP contribution in [0.25, 0.3) is 10.2 Å². The Morgan fingerprint density at radius 3 is 2.64 bits per heavy atom. The maximum absolute atomic E-state index is 12.1. The number of hydrogen-bond donors (Lipinski definition) is 1. The van der Waals surface area contributed by atoms with Crippen molar-refractivity contribution in [3.8, 4) is 0 Å². The normalized spacial score (nSPS) is 17.5. The number of nitrogens with zero attached hydrogens (tertiary/aromatic N) is 2. The number of hydrazone groups is 1. The topological polar surface area (TPSA) is 54.4 Å². The van der Waals surface area contributed by atoms with E-state index in [-0.39, 0.29) is 11.2 Å². The molecule has 6 heteroatoms. The van der Waals surface area contributed by atoms with Gasteiger partial charge in [0.2, 0.25) is 0 Å². The molecule has 0 saturated carbocycles. The van der Waals surface area contributed by atoms with Crippen molar-refractivity contribution < 1.29 is 4.79 Å². The quantitative estimate of drug-likeness (QED) is 0.804. The van der Waals surface area contributed by atoms with Crippen LogP contribution in [-0.2, 0) is 4.79 Å². The van der Waals surface area contributed by atoms with Gasteiger partial charge in [0.05, 0.1) is 15.9 Å². The lowest BCUT2D eigenvalue weighted by Gasteiger charge is -2.08. The number of aromatic nitrogens is 1. The molecule has 3 aromatic rings. The molecule has 1 atom stereocenters. The number of fused-ring (bicyclic) bond motifs is 1. The van der Waals surface area contributed by atoms with Gasteiger partial charge < -0.3 is 0 Å². The number of amides is 1. The first-order valence-electron chi connectivity index (χ1n) is 6.76. The molecule has 0 saturated heterocycles. The van der Waals surface area contributed by atoms with E-state index in [9.17, 15) is 4.79 Å². The van der Waals surface area contributed by atoms with Gasteiger partial charge in [-0.2, -0.15) is 5.10 Å². The van der Waals surface area contributed by atoms with Gasteiger partial charge in [-0.05, 0) is 17.7 Å². The number of hydrogen-bond acceptors (Lipinski definition) is 5. The lowest BCUT2D eigenvalue weighted by molar-refractivity contribution is -0.118. The van der Waals surface area contributed by atoms with E-state index in [0.29, 0.717) is 0 Å². The molecule has 2 heterocycles.